The van der Waals surface area contributed by atoms with Crippen molar-refractivity contribution in [2.24, 2.45) is 0 Å². The van der Waals surface area contributed by atoms with E-state index in [2.05, 4.69) is 20.4 Å². The van der Waals surface area contributed by atoms with Crippen LogP contribution in [0, 0.1) is 6.92 Å². The Morgan fingerprint density at radius 2 is 1.86 bits per heavy atom. The summed E-state index contributed by atoms with van der Waals surface area (Å²) in [5, 5.41) is 6.98. The van der Waals surface area contributed by atoms with E-state index in [1.165, 1.54) is 0 Å². The van der Waals surface area contributed by atoms with Crippen molar-refractivity contribution in [3.05, 3.63) is 95.6 Å². The van der Waals surface area contributed by atoms with Gasteiger partial charge >= 0.3 is 0 Å². The highest BCUT2D eigenvalue weighted by atomic mass is 16.5. The first-order chi connectivity index (χ1) is 13.7. The minimum atomic E-state index is -0.158. The summed E-state index contributed by atoms with van der Waals surface area (Å²) in [6.45, 7) is 1.99. The van der Waals surface area contributed by atoms with Crippen LogP contribution in [0.2, 0.25) is 0 Å². The summed E-state index contributed by atoms with van der Waals surface area (Å²) >= 11 is 0. The van der Waals surface area contributed by atoms with Gasteiger partial charge in [0.2, 0.25) is 11.7 Å². The smallest absolute Gasteiger partial charge is 0.255 e. The number of anilines is 1. The van der Waals surface area contributed by atoms with Crippen LogP contribution in [0.15, 0.2) is 77.6 Å². The molecule has 6 nitrogen and oxygen atoms in total. The van der Waals surface area contributed by atoms with Gasteiger partial charge in [-0.25, -0.2) is 0 Å². The maximum atomic E-state index is 12.5. The first kappa shape index (κ1) is 17.6. The first-order valence-corrected chi connectivity index (χ1v) is 8.88. The Hall–Kier alpha value is -3.80. The van der Waals surface area contributed by atoms with Crippen molar-refractivity contribution in [2.45, 2.75) is 13.3 Å². The zero-order chi connectivity index (χ0) is 19.3. The molecule has 4 rings (SSSR count). The average Bonchev–Trinajstić information content (AvgIpc) is 3.19. The zero-order valence-electron chi connectivity index (χ0n) is 15.3. The third-order valence-electron chi connectivity index (χ3n) is 4.31. The molecule has 1 N–H and O–H groups in total. The van der Waals surface area contributed by atoms with Crippen LogP contribution in [-0.2, 0) is 6.42 Å². The van der Waals surface area contributed by atoms with Crippen LogP contribution in [0.1, 0.15) is 27.4 Å². The van der Waals surface area contributed by atoms with Crippen molar-refractivity contribution >= 4 is 11.6 Å². The maximum Gasteiger partial charge on any atom is 0.255 e. The number of amides is 1. The maximum absolute atomic E-state index is 12.5. The Balaban J connectivity index is 1.53. The minimum absolute atomic E-state index is 0.158. The summed E-state index contributed by atoms with van der Waals surface area (Å²) < 4.78 is 5.38. The third-order valence-corrected chi connectivity index (χ3v) is 4.31. The van der Waals surface area contributed by atoms with Gasteiger partial charge in [0.05, 0.1) is 6.42 Å². The van der Waals surface area contributed by atoms with Crippen molar-refractivity contribution in [1.82, 2.24) is 15.1 Å². The van der Waals surface area contributed by atoms with Gasteiger partial charge in [0.15, 0.2) is 0 Å². The Kier molecular flexibility index (Phi) is 4.93. The molecule has 0 aliphatic heterocycles. The Morgan fingerprint density at radius 1 is 1.04 bits per heavy atom. The molecule has 0 saturated carbocycles. The molecular weight excluding hydrogens is 352 g/mol. The topological polar surface area (TPSA) is 80.9 Å². The van der Waals surface area contributed by atoms with E-state index in [4.69, 9.17) is 4.52 Å². The quantitative estimate of drug-likeness (QED) is 0.567. The van der Waals surface area contributed by atoms with Gasteiger partial charge in [-0.05, 0) is 42.8 Å². The second kappa shape index (κ2) is 7.84. The monoisotopic (exact) mass is 370 g/mol. The van der Waals surface area contributed by atoms with Crippen LogP contribution in [0.25, 0.3) is 11.4 Å². The molecular formula is C22H18N4O2. The molecule has 0 radical (unpaired) electrons. The van der Waals surface area contributed by atoms with Gasteiger partial charge in [-0.3, -0.25) is 9.78 Å². The highest BCUT2D eigenvalue weighted by Crippen LogP contribution is 2.21. The molecule has 4 aromatic rings. The molecule has 0 aliphatic carbocycles. The van der Waals surface area contributed by atoms with Crippen molar-refractivity contribution in [2.75, 3.05) is 5.32 Å². The van der Waals surface area contributed by atoms with Crippen molar-refractivity contribution in [3.63, 3.8) is 0 Å². The fourth-order valence-electron chi connectivity index (χ4n) is 2.80. The van der Waals surface area contributed by atoms with Gasteiger partial charge in [0.25, 0.3) is 5.91 Å². The van der Waals surface area contributed by atoms with Crippen LogP contribution < -0.4 is 5.32 Å². The molecule has 0 saturated heterocycles. The predicted molar refractivity (Wildman–Crippen MR) is 106 cm³/mol. The van der Waals surface area contributed by atoms with Crippen LogP contribution in [0.5, 0.6) is 0 Å². The highest BCUT2D eigenvalue weighted by molar-refractivity contribution is 6.04. The van der Waals surface area contributed by atoms with Gasteiger partial charge in [0, 0.05) is 29.2 Å². The Bertz CT molecular complexity index is 1090. The molecule has 2 heterocycles. The number of aryl methyl sites for hydroxylation is 1. The summed E-state index contributed by atoms with van der Waals surface area (Å²) in [6.07, 6.45) is 3.79. The van der Waals surface area contributed by atoms with Gasteiger partial charge in [0.1, 0.15) is 0 Å². The summed E-state index contributed by atoms with van der Waals surface area (Å²) in [5.41, 5.74) is 4.12. The molecule has 0 atom stereocenters. The van der Waals surface area contributed by atoms with E-state index in [0.717, 1.165) is 16.7 Å². The molecule has 2 aromatic carbocycles. The summed E-state index contributed by atoms with van der Waals surface area (Å²) in [7, 11) is 0. The van der Waals surface area contributed by atoms with E-state index < -0.39 is 0 Å². The Morgan fingerprint density at radius 3 is 2.64 bits per heavy atom. The van der Waals surface area contributed by atoms with Crippen LogP contribution >= 0.6 is 0 Å². The number of nitrogens with one attached hydrogen (secondary N) is 1. The molecule has 0 aliphatic rings. The number of para-hydroxylation sites is 1. The lowest BCUT2D eigenvalue weighted by Crippen LogP contribution is -2.13. The van der Waals surface area contributed by atoms with E-state index in [0.29, 0.717) is 29.4 Å². The van der Waals surface area contributed by atoms with Gasteiger partial charge in [-0.1, -0.05) is 41.1 Å². The summed E-state index contributed by atoms with van der Waals surface area (Å²) in [4.78, 5) is 21.0. The van der Waals surface area contributed by atoms with E-state index in [-0.39, 0.29) is 5.91 Å². The lowest BCUT2D eigenvalue weighted by atomic mass is 10.1. The van der Waals surface area contributed by atoms with E-state index in [1.54, 1.807) is 12.4 Å². The first-order valence-electron chi connectivity index (χ1n) is 8.88. The molecule has 0 spiro atoms. The number of rotatable bonds is 5. The van der Waals surface area contributed by atoms with Gasteiger partial charge in [-0.15, -0.1) is 0 Å². The standard InChI is InChI=1S/C22H18N4O2/c1-15-8-10-16(11-9-15)22(27)24-19-7-3-2-5-17(19)13-20-25-21(26-28-20)18-6-4-12-23-14-18/h2-12,14H,13H2,1H3,(H,24,27). The van der Waals surface area contributed by atoms with Crippen LogP contribution in [0.3, 0.4) is 0 Å². The molecule has 6 heteroatoms. The number of carbonyl (C=O) groups excluding carboxylic acids is 1. The van der Waals surface area contributed by atoms with E-state index in [9.17, 15) is 4.79 Å². The highest BCUT2D eigenvalue weighted by Gasteiger charge is 2.13. The fraction of sp³-hybridized carbons (Fsp3) is 0.0909. The predicted octanol–water partition coefficient (Wildman–Crippen LogP) is 4.28. The SMILES string of the molecule is Cc1ccc(C(=O)Nc2ccccc2Cc2nc(-c3cccnc3)no2)cc1. The Labute approximate surface area is 162 Å². The number of nitrogens with zero attached hydrogens (tertiary/aromatic N) is 3. The fourth-order valence-corrected chi connectivity index (χ4v) is 2.80. The van der Waals surface area contributed by atoms with Crippen molar-refractivity contribution < 1.29 is 9.32 Å². The zero-order valence-corrected chi connectivity index (χ0v) is 15.3. The largest absolute Gasteiger partial charge is 0.339 e. The van der Waals surface area contributed by atoms with E-state index in [1.807, 2.05) is 67.6 Å². The number of benzene rings is 2. The normalized spacial score (nSPS) is 10.6. The number of hydrogen-bond donors (Lipinski definition) is 1. The lowest BCUT2D eigenvalue weighted by Gasteiger charge is -2.10. The van der Waals surface area contributed by atoms with Gasteiger partial charge < -0.3 is 9.84 Å². The number of pyridine rings is 1. The minimum Gasteiger partial charge on any atom is -0.339 e. The lowest BCUT2D eigenvalue weighted by molar-refractivity contribution is 0.102. The number of aromatic nitrogens is 3. The molecule has 0 bridgehead atoms. The molecule has 1 amide bonds. The molecule has 0 fully saturated rings. The summed E-state index contributed by atoms with van der Waals surface area (Å²) in [6, 6.07) is 18.7. The second-order valence-electron chi connectivity index (χ2n) is 6.41. The second-order valence-corrected chi connectivity index (χ2v) is 6.41. The third kappa shape index (κ3) is 3.96. The molecule has 2 aromatic heterocycles. The number of hydrogen-bond acceptors (Lipinski definition) is 5. The van der Waals surface area contributed by atoms with Crippen molar-refractivity contribution in [1.29, 1.82) is 0 Å². The number of carbonyl (C=O) groups is 1. The molecule has 138 valence electrons. The van der Waals surface area contributed by atoms with Crippen molar-refractivity contribution in [3.8, 4) is 11.4 Å². The summed E-state index contributed by atoms with van der Waals surface area (Å²) in [5.74, 6) is 0.800. The molecule has 0 unspecified atom stereocenters. The average molecular weight is 370 g/mol. The van der Waals surface area contributed by atoms with Gasteiger partial charge in [-0.2, -0.15) is 4.98 Å². The van der Waals surface area contributed by atoms with Crippen LogP contribution in [0.4, 0.5) is 5.69 Å². The molecule has 28 heavy (non-hydrogen) atoms. The van der Waals surface area contributed by atoms with Crippen LogP contribution in [-0.4, -0.2) is 21.0 Å². The van der Waals surface area contributed by atoms with E-state index >= 15 is 0 Å².